The summed E-state index contributed by atoms with van der Waals surface area (Å²) in [7, 11) is 0. The van der Waals surface area contributed by atoms with E-state index in [0.717, 1.165) is 0 Å². The molecular formula is C22H13N3O4. The van der Waals surface area contributed by atoms with Crippen molar-refractivity contribution in [1.29, 1.82) is 5.41 Å². The Labute approximate surface area is 162 Å². The van der Waals surface area contributed by atoms with Crippen LogP contribution >= 0.6 is 0 Å². The molecule has 0 aliphatic heterocycles. The topological polar surface area (TPSA) is 123 Å². The predicted octanol–water partition coefficient (Wildman–Crippen LogP) is 1.85. The summed E-state index contributed by atoms with van der Waals surface area (Å²) in [6.45, 7) is 0. The number of Topliss-reactive ketones (excluding diaryl/α,β-unsaturated/α-hetero) is 2. The number of carbonyl (C=O) groups excluding carboxylic acids is 2. The number of pyridine rings is 1. The van der Waals surface area contributed by atoms with Gasteiger partial charge in [-0.2, -0.15) is 0 Å². The number of para-hydroxylation sites is 1. The van der Waals surface area contributed by atoms with Crippen LogP contribution in [0.25, 0.3) is 27.2 Å². The maximum Gasteiger partial charge on any atom is 0.259 e. The second-order valence-electron chi connectivity index (χ2n) is 6.78. The summed E-state index contributed by atoms with van der Waals surface area (Å²) in [4.78, 5) is 40.5. The molecule has 0 amide bonds. The van der Waals surface area contributed by atoms with Gasteiger partial charge in [0.2, 0.25) is 0 Å². The minimum absolute atomic E-state index is 0.0598. The zero-order valence-electron chi connectivity index (χ0n) is 14.9. The summed E-state index contributed by atoms with van der Waals surface area (Å²) >= 11 is 0. The molecule has 0 unspecified atom stereocenters. The smallest absolute Gasteiger partial charge is 0.259 e. The average molecular weight is 383 g/mol. The number of fused-ring (bicyclic) bond motifs is 2. The van der Waals surface area contributed by atoms with E-state index in [1.165, 1.54) is 0 Å². The summed E-state index contributed by atoms with van der Waals surface area (Å²) in [5.41, 5.74) is -0.363. The zero-order valence-corrected chi connectivity index (χ0v) is 14.9. The second kappa shape index (κ2) is 5.87. The van der Waals surface area contributed by atoms with Crippen LogP contribution in [0.1, 0.15) is 5.56 Å². The standard InChI is InChI=1S/C22H13N3O4/c23-17-13-9-10-5-4-8-12-14(10)16(22(29)25-21(12)28)15(13)18(20(27)19(17)26)24-11-6-2-1-3-7-11/h1-9,23-24H,(H2,25,28,29). The number of H-pyrrole nitrogens is 1. The van der Waals surface area contributed by atoms with Gasteiger partial charge in [-0.05, 0) is 29.7 Å². The molecule has 5 rings (SSSR count). The highest BCUT2D eigenvalue weighted by Gasteiger charge is 2.33. The molecule has 7 heteroatoms. The van der Waals surface area contributed by atoms with Crippen molar-refractivity contribution in [2.45, 2.75) is 0 Å². The van der Waals surface area contributed by atoms with E-state index in [2.05, 4.69) is 10.3 Å². The fourth-order valence-electron chi connectivity index (χ4n) is 3.82. The minimum atomic E-state index is -0.940. The molecule has 1 aliphatic rings. The molecule has 0 spiro atoms. The van der Waals surface area contributed by atoms with Crippen molar-refractivity contribution in [2.24, 2.45) is 0 Å². The van der Waals surface area contributed by atoms with Gasteiger partial charge in [-0.1, -0.05) is 30.3 Å². The van der Waals surface area contributed by atoms with Crippen molar-refractivity contribution in [1.82, 2.24) is 4.98 Å². The highest BCUT2D eigenvalue weighted by Crippen LogP contribution is 2.29. The first-order chi connectivity index (χ1) is 14.0. The summed E-state index contributed by atoms with van der Waals surface area (Å²) in [5.74, 6) is -2.10. The number of nitrogens with one attached hydrogen (secondary N) is 3. The number of anilines is 1. The Morgan fingerprint density at radius 1 is 0.897 bits per heavy atom. The van der Waals surface area contributed by atoms with Gasteiger partial charge in [0.15, 0.2) is 5.88 Å². The van der Waals surface area contributed by atoms with Crippen LogP contribution < -0.4 is 16.1 Å². The third-order valence-corrected chi connectivity index (χ3v) is 5.10. The normalized spacial score (nSPS) is 13.9. The van der Waals surface area contributed by atoms with Gasteiger partial charge in [0.05, 0.1) is 11.1 Å². The summed E-state index contributed by atoms with van der Waals surface area (Å²) in [6, 6.07) is 15.5. The lowest BCUT2D eigenvalue weighted by Gasteiger charge is -2.19. The van der Waals surface area contributed by atoms with Crippen LogP contribution in [0.3, 0.4) is 0 Å². The summed E-state index contributed by atoms with van der Waals surface area (Å²) < 4.78 is 0. The van der Waals surface area contributed by atoms with Crippen molar-refractivity contribution in [2.75, 3.05) is 5.32 Å². The number of benzene rings is 3. The molecule has 0 radical (unpaired) electrons. The van der Waals surface area contributed by atoms with E-state index < -0.39 is 22.8 Å². The highest BCUT2D eigenvalue weighted by molar-refractivity contribution is 6.76. The fraction of sp³-hybridized carbons (Fsp3) is 0. The molecule has 29 heavy (non-hydrogen) atoms. The number of ketones is 2. The quantitative estimate of drug-likeness (QED) is 0.393. The van der Waals surface area contributed by atoms with E-state index >= 15 is 0 Å². The van der Waals surface area contributed by atoms with Gasteiger partial charge >= 0.3 is 0 Å². The molecule has 1 heterocycles. The molecular weight excluding hydrogens is 370 g/mol. The Morgan fingerprint density at radius 2 is 1.66 bits per heavy atom. The maximum atomic E-state index is 12.8. The Bertz CT molecular complexity index is 1500. The molecule has 1 aromatic heterocycles. The van der Waals surface area contributed by atoms with Gasteiger partial charge in [0.25, 0.3) is 17.1 Å². The van der Waals surface area contributed by atoms with Gasteiger partial charge in [-0.25, -0.2) is 0 Å². The van der Waals surface area contributed by atoms with Crippen LogP contribution in [0.2, 0.25) is 0 Å². The fourth-order valence-corrected chi connectivity index (χ4v) is 3.82. The van der Waals surface area contributed by atoms with E-state index in [-0.39, 0.29) is 27.7 Å². The van der Waals surface area contributed by atoms with Gasteiger partial charge in [-0.3, -0.25) is 24.8 Å². The second-order valence-corrected chi connectivity index (χ2v) is 6.78. The average Bonchev–Trinajstić information content (AvgIpc) is 2.73. The molecule has 0 fully saturated rings. The van der Waals surface area contributed by atoms with Gasteiger partial charge in [-0.15, -0.1) is 0 Å². The number of hydrogen-bond donors (Lipinski definition) is 4. The number of aromatic hydroxyl groups is 1. The molecule has 3 aromatic carbocycles. The van der Waals surface area contributed by atoms with Gasteiger partial charge in [0, 0.05) is 27.2 Å². The lowest BCUT2D eigenvalue weighted by Crippen LogP contribution is -2.41. The van der Waals surface area contributed by atoms with Crippen LogP contribution in [0.5, 0.6) is 5.88 Å². The number of aromatic nitrogens is 1. The maximum absolute atomic E-state index is 12.8. The third kappa shape index (κ3) is 2.31. The van der Waals surface area contributed by atoms with Crippen LogP contribution in [-0.2, 0) is 9.59 Å². The van der Waals surface area contributed by atoms with E-state index in [9.17, 15) is 19.5 Å². The molecule has 0 bridgehead atoms. The first-order valence-electron chi connectivity index (χ1n) is 8.82. The number of aromatic amines is 1. The van der Waals surface area contributed by atoms with E-state index in [0.29, 0.717) is 21.8 Å². The van der Waals surface area contributed by atoms with Crippen molar-refractivity contribution in [3.63, 3.8) is 0 Å². The minimum Gasteiger partial charge on any atom is -0.494 e. The van der Waals surface area contributed by atoms with E-state index in [4.69, 9.17) is 5.41 Å². The van der Waals surface area contributed by atoms with Crippen molar-refractivity contribution < 1.29 is 14.7 Å². The third-order valence-electron chi connectivity index (χ3n) is 5.10. The predicted molar refractivity (Wildman–Crippen MR) is 109 cm³/mol. The SMILES string of the molecule is N=C1C(=O)C(=O)C(Nc2ccccc2)=c2c1cc1cccc3c(O)[nH]c(=O)c2c13. The highest BCUT2D eigenvalue weighted by atomic mass is 16.3. The molecule has 0 saturated carbocycles. The lowest BCUT2D eigenvalue weighted by molar-refractivity contribution is -0.129. The van der Waals surface area contributed by atoms with Crippen LogP contribution in [0.15, 0.2) is 59.4 Å². The summed E-state index contributed by atoms with van der Waals surface area (Å²) in [6.07, 6.45) is 0. The first kappa shape index (κ1) is 16.9. The molecule has 1 aliphatic carbocycles. The van der Waals surface area contributed by atoms with E-state index in [1.54, 1.807) is 48.5 Å². The molecule has 140 valence electrons. The van der Waals surface area contributed by atoms with Crippen molar-refractivity contribution in [3.05, 3.63) is 75.7 Å². The Hall–Kier alpha value is -4.26. The summed E-state index contributed by atoms with van der Waals surface area (Å²) in [5, 5.41) is 23.2. The largest absolute Gasteiger partial charge is 0.494 e. The van der Waals surface area contributed by atoms with Crippen molar-refractivity contribution >= 4 is 50.2 Å². The molecule has 4 N–H and O–H groups in total. The van der Waals surface area contributed by atoms with E-state index in [1.807, 2.05) is 6.07 Å². The lowest BCUT2D eigenvalue weighted by atomic mass is 9.87. The first-order valence-corrected chi connectivity index (χ1v) is 8.82. The molecule has 4 aromatic rings. The van der Waals surface area contributed by atoms with Gasteiger partial charge < -0.3 is 10.4 Å². The Balaban J connectivity index is 2.04. The van der Waals surface area contributed by atoms with Gasteiger partial charge in [0.1, 0.15) is 5.71 Å². The monoisotopic (exact) mass is 383 g/mol. The Morgan fingerprint density at radius 3 is 2.41 bits per heavy atom. The van der Waals surface area contributed by atoms with Crippen molar-refractivity contribution in [3.8, 4) is 5.88 Å². The zero-order chi connectivity index (χ0) is 20.3. The molecule has 7 nitrogen and oxygen atoms in total. The van der Waals surface area contributed by atoms with Crippen LogP contribution in [-0.4, -0.2) is 27.4 Å². The number of hydrogen-bond acceptors (Lipinski definition) is 6. The van der Waals surface area contributed by atoms with Crippen LogP contribution in [0, 0.1) is 5.41 Å². The van der Waals surface area contributed by atoms with Crippen LogP contribution in [0.4, 0.5) is 5.69 Å². The molecule has 0 saturated heterocycles. The Kier molecular flexibility index (Phi) is 3.42. The molecule has 0 atom stereocenters. The number of carbonyl (C=O) groups is 2. The number of rotatable bonds is 2.